The van der Waals surface area contributed by atoms with Crippen LogP contribution in [-0.2, 0) is 13.0 Å². The Bertz CT molecular complexity index is 671. The Kier molecular flexibility index (Phi) is 2.47. The van der Waals surface area contributed by atoms with Gasteiger partial charge in [-0.2, -0.15) is 4.98 Å². The average Bonchev–Trinajstić information content (AvgIpc) is 2.97. The number of benzene rings is 1. The molecule has 2 heterocycles. The summed E-state index contributed by atoms with van der Waals surface area (Å²) in [5, 5.41) is 3.83. The highest BCUT2D eigenvalue weighted by Crippen LogP contribution is 2.20. The van der Waals surface area contributed by atoms with Crippen molar-refractivity contribution in [3.05, 3.63) is 36.2 Å². The topological polar surface area (TPSA) is 82.8 Å². The van der Waals surface area contributed by atoms with Gasteiger partial charge in [0.05, 0.1) is 17.6 Å². The molecule has 0 fully saturated rings. The number of rotatable bonds is 3. The SMILES string of the molecule is CCc1nc2cc(N)ccc2n1Cc1ncon1. The zero-order chi connectivity index (χ0) is 12.5. The van der Waals surface area contributed by atoms with Crippen molar-refractivity contribution in [2.24, 2.45) is 0 Å². The van der Waals surface area contributed by atoms with E-state index in [4.69, 9.17) is 10.3 Å². The lowest BCUT2D eigenvalue weighted by molar-refractivity contribution is 0.408. The minimum atomic E-state index is 0.556. The van der Waals surface area contributed by atoms with Gasteiger partial charge in [0.25, 0.3) is 0 Å². The van der Waals surface area contributed by atoms with Gasteiger partial charge in [0.1, 0.15) is 5.82 Å². The van der Waals surface area contributed by atoms with Crippen molar-refractivity contribution < 1.29 is 4.52 Å². The number of nitrogens with two attached hydrogens (primary N) is 1. The largest absolute Gasteiger partial charge is 0.399 e. The molecule has 6 heteroatoms. The van der Waals surface area contributed by atoms with Gasteiger partial charge >= 0.3 is 0 Å². The molecule has 0 aliphatic carbocycles. The summed E-state index contributed by atoms with van der Waals surface area (Å²) in [5.74, 6) is 1.63. The quantitative estimate of drug-likeness (QED) is 0.706. The monoisotopic (exact) mass is 243 g/mol. The first-order valence-electron chi connectivity index (χ1n) is 5.78. The summed E-state index contributed by atoms with van der Waals surface area (Å²) in [6.45, 7) is 2.62. The highest BCUT2D eigenvalue weighted by atomic mass is 16.5. The van der Waals surface area contributed by atoms with Gasteiger partial charge in [0.2, 0.25) is 6.39 Å². The smallest absolute Gasteiger partial charge is 0.213 e. The lowest BCUT2D eigenvalue weighted by Gasteiger charge is -2.04. The summed E-state index contributed by atoms with van der Waals surface area (Å²) < 4.78 is 6.84. The zero-order valence-corrected chi connectivity index (χ0v) is 10.00. The van der Waals surface area contributed by atoms with Crippen molar-refractivity contribution in [1.82, 2.24) is 19.7 Å². The van der Waals surface area contributed by atoms with Gasteiger partial charge in [-0.05, 0) is 18.2 Å². The average molecular weight is 243 g/mol. The Morgan fingerprint density at radius 1 is 1.39 bits per heavy atom. The normalized spacial score (nSPS) is 11.2. The van der Waals surface area contributed by atoms with Gasteiger partial charge in [-0.15, -0.1) is 0 Å². The second-order valence-corrected chi connectivity index (χ2v) is 4.06. The summed E-state index contributed by atoms with van der Waals surface area (Å²) in [4.78, 5) is 8.61. The van der Waals surface area contributed by atoms with Gasteiger partial charge in [0, 0.05) is 12.1 Å². The molecule has 0 saturated carbocycles. The van der Waals surface area contributed by atoms with Crippen LogP contribution in [-0.4, -0.2) is 19.7 Å². The molecule has 0 aliphatic heterocycles. The van der Waals surface area contributed by atoms with E-state index < -0.39 is 0 Å². The van der Waals surface area contributed by atoms with E-state index in [9.17, 15) is 0 Å². The number of hydrogen-bond donors (Lipinski definition) is 1. The van der Waals surface area contributed by atoms with E-state index in [1.165, 1.54) is 6.39 Å². The Balaban J connectivity index is 2.13. The molecule has 0 atom stereocenters. The molecule has 6 nitrogen and oxygen atoms in total. The van der Waals surface area contributed by atoms with E-state index >= 15 is 0 Å². The highest BCUT2D eigenvalue weighted by molar-refractivity contribution is 5.79. The van der Waals surface area contributed by atoms with Gasteiger partial charge in [0.15, 0.2) is 5.82 Å². The predicted molar refractivity (Wildman–Crippen MR) is 66.9 cm³/mol. The Morgan fingerprint density at radius 2 is 2.28 bits per heavy atom. The third-order valence-electron chi connectivity index (χ3n) is 2.87. The molecule has 3 rings (SSSR count). The summed E-state index contributed by atoms with van der Waals surface area (Å²) in [6, 6.07) is 5.72. The third-order valence-corrected chi connectivity index (χ3v) is 2.87. The molecule has 1 aromatic carbocycles. The van der Waals surface area contributed by atoms with Crippen molar-refractivity contribution in [2.45, 2.75) is 19.9 Å². The summed E-state index contributed by atoms with van der Waals surface area (Å²) in [6.07, 6.45) is 2.17. The van der Waals surface area contributed by atoms with E-state index in [2.05, 4.69) is 26.6 Å². The standard InChI is InChI=1S/C12H13N5O/c1-2-12-15-9-5-8(13)3-4-10(9)17(12)6-11-14-7-18-16-11/h3-5,7H,2,6,13H2,1H3. The molecule has 0 spiro atoms. The van der Waals surface area contributed by atoms with Crippen molar-refractivity contribution in [1.29, 1.82) is 0 Å². The Morgan fingerprint density at radius 3 is 3.00 bits per heavy atom. The van der Waals surface area contributed by atoms with Crippen LogP contribution in [0, 0.1) is 0 Å². The fourth-order valence-electron chi connectivity index (χ4n) is 2.05. The second kappa shape index (κ2) is 4.14. The second-order valence-electron chi connectivity index (χ2n) is 4.06. The van der Waals surface area contributed by atoms with Crippen molar-refractivity contribution in [3.63, 3.8) is 0 Å². The molecule has 0 saturated heterocycles. The highest BCUT2D eigenvalue weighted by Gasteiger charge is 2.11. The summed E-state index contributed by atoms with van der Waals surface area (Å²) in [5.41, 5.74) is 8.42. The van der Waals surface area contributed by atoms with Gasteiger partial charge in [-0.1, -0.05) is 12.1 Å². The van der Waals surface area contributed by atoms with Crippen LogP contribution in [0.15, 0.2) is 29.1 Å². The van der Waals surface area contributed by atoms with Crippen molar-refractivity contribution >= 4 is 16.7 Å². The maximum atomic E-state index is 5.77. The lowest BCUT2D eigenvalue weighted by atomic mass is 10.3. The molecule has 92 valence electrons. The van der Waals surface area contributed by atoms with E-state index in [0.717, 1.165) is 29.0 Å². The van der Waals surface area contributed by atoms with Crippen LogP contribution in [0.1, 0.15) is 18.6 Å². The predicted octanol–water partition coefficient (Wildman–Crippen LogP) is 1.61. The van der Waals surface area contributed by atoms with Gasteiger partial charge < -0.3 is 14.8 Å². The van der Waals surface area contributed by atoms with Crippen LogP contribution >= 0.6 is 0 Å². The maximum Gasteiger partial charge on any atom is 0.213 e. The molecule has 0 amide bonds. The Labute approximate surface area is 103 Å². The Hall–Kier alpha value is -2.37. The fourth-order valence-corrected chi connectivity index (χ4v) is 2.05. The molecule has 2 N–H and O–H groups in total. The number of aromatic nitrogens is 4. The van der Waals surface area contributed by atoms with Crippen molar-refractivity contribution in [2.75, 3.05) is 5.73 Å². The first-order chi connectivity index (χ1) is 8.78. The van der Waals surface area contributed by atoms with Gasteiger partial charge in [-0.3, -0.25) is 0 Å². The number of imidazole rings is 1. The zero-order valence-electron chi connectivity index (χ0n) is 10.00. The van der Waals surface area contributed by atoms with Crippen LogP contribution in [0.25, 0.3) is 11.0 Å². The minimum absolute atomic E-state index is 0.556. The van der Waals surface area contributed by atoms with Crippen LogP contribution in [0.3, 0.4) is 0 Å². The fraction of sp³-hybridized carbons (Fsp3) is 0.250. The molecule has 0 aliphatic rings. The molecular formula is C12H13N5O. The first-order valence-corrected chi connectivity index (χ1v) is 5.78. The summed E-state index contributed by atoms with van der Waals surface area (Å²) in [7, 11) is 0. The number of aryl methyl sites for hydroxylation is 1. The molecule has 0 bridgehead atoms. The van der Waals surface area contributed by atoms with Crippen LogP contribution in [0.2, 0.25) is 0 Å². The molecule has 0 radical (unpaired) electrons. The molecule has 3 aromatic rings. The van der Waals surface area contributed by atoms with E-state index in [-0.39, 0.29) is 0 Å². The van der Waals surface area contributed by atoms with Crippen LogP contribution < -0.4 is 5.73 Å². The van der Waals surface area contributed by atoms with Crippen LogP contribution in [0.4, 0.5) is 5.69 Å². The lowest BCUT2D eigenvalue weighted by Crippen LogP contribution is -2.05. The number of nitrogens with zero attached hydrogens (tertiary/aromatic N) is 4. The van der Waals surface area contributed by atoms with E-state index in [1.54, 1.807) is 0 Å². The number of anilines is 1. The molecule has 18 heavy (non-hydrogen) atoms. The maximum absolute atomic E-state index is 5.77. The molecule has 2 aromatic heterocycles. The van der Waals surface area contributed by atoms with E-state index in [1.807, 2.05) is 18.2 Å². The van der Waals surface area contributed by atoms with Gasteiger partial charge in [-0.25, -0.2) is 4.98 Å². The number of hydrogen-bond acceptors (Lipinski definition) is 5. The first kappa shape index (κ1) is 10.8. The molecule has 0 unspecified atom stereocenters. The minimum Gasteiger partial charge on any atom is -0.399 e. The number of fused-ring (bicyclic) bond motifs is 1. The summed E-state index contributed by atoms with van der Waals surface area (Å²) >= 11 is 0. The van der Waals surface area contributed by atoms with E-state index in [0.29, 0.717) is 12.4 Å². The molecular weight excluding hydrogens is 230 g/mol. The van der Waals surface area contributed by atoms with Crippen LogP contribution in [0.5, 0.6) is 0 Å². The third kappa shape index (κ3) is 1.71. The number of nitrogen functional groups attached to an aromatic ring is 1. The van der Waals surface area contributed by atoms with Crippen molar-refractivity contribution in [3.8, 4) is 0 Å².